The van der Waals surface area contributed by atoms with E-state index >= 15 is 0 Å². The van der Waals surface area contributed by atoms with E-state index in [0.717, 1.165) is 11.1 Å². The molecule has 0 saturated heterocycles. The normalized spacial score (nSPS) is 11.7. The van der Waals surface area contributed by atoms with Crippen LogP contribution < -0.4 is 4.74 Å². The lowest BCUT2D eigenvalue weighted by Crippen LogP contribution is -2.18. The summed E-state index contributed by atoms with van der Waals surface area (Å²) < 4.78 is 5.88. The number of hydrogen-bond donors (Lipinski definition) is 0. The molecule has 0 N–H and O–H groups in total. The molecule has 0 radical (unpaired) electrons. The Morgan fingerprint density at radius 2 is 1.67 bits per heavy atom. The van der Waals surface area contributed by atoms with Crippen LogP contribution in [0.5, 0.6) is 5.75 Å². The predicted octanol–water partition coefficient (Wildman–Crippen LogP) is 3.83. The number of fused-ring (bicyclic) bond motifs is 1. The summed E-state index contributed by atoms with van der Waals surface area (Å²) in [6.45, 7) is 4.05. The molecule has 2 aromatic rings. The van der Waals surface area contributed by atoms with Crippen LogP contribution in [0.1, 0.15) is 13.8 Å². The van der Waals surface area contributed by atoms with Gasteiger partial charge < -0.3 is 4.74 Å². The van der Waals surface area contributed by atoms with Crippen molar-refractivity contribution in [3.8, 4) is 5.75 Å². The topological polar surface area (TPSA) is 9.23 Å². The molecule has 0 bridgehead atoms. The van der Waals surface area contributed by atoms with E-state index in [4.69, 9.17) is 4.74 Å². The van der Waals surface area contributed by atoms with Crippen molar-refractivity contribution in [1.29, 1.82) is 0 Å². The highest BCUT2D eigenvalue weighted by Crippen LogP contribution is 2.30. The second-order valence-electron chi connectivity index (χ2n) is 4.18. The number of ether oxygens (including phenoxy) is 1. The standard InChI is InChI=1S/C13H15OP/c1-13(2,15)14-12-9-5-7-10-6-3-4-8-11(10)12/h3-9H,15H2,1-2H3. The third-order valence-electron chi connectivity index (χ3n) is 2.12. The smallest absolute Gasteiger partial charge is 0.128 e. The van der Waals surface area contributed by atoms with Gasteiger partial charge in [0.1, 0.15) is 11.1 Å². The fraction of sp³-hybridized carbons (Fsp3) is 0.231. The Hall–Kier alpha value is -1.07. The maximum absolute atomic E-state index is 5.88. The van der Waals surface area contributed by atoms with Crippen molar-refractivity contribution in [1.82, 2.24) is 0 Å². The SMILES string of the molecule is CC(C)(P)Oc1cccc2ccccc12. The molecule has 0 aliphatic rings. The van der Waals surface area contributed by atoms with Crippen LogP contribution in [0.4, 0.5) is 0 Å². The van der Waals surface area contributed by atoms with Gasteiger partial charge in [-0.25, -0.2) is 0 Å². The summed E-state index contributed by atoms with van der Waals surface area (Å²) in [6.07, 6.45) is 0. The van der Waals surface area contributed by atoms with Crippen LogP contribution in [0, 0.1) is 0 Å². The van der Waals surface area contributed by atoms with Crippen molar-refractivity contribution in [2.45, 2.75) is 19.2 Å². The molecule has 1 atom stereocenters. The molecule has 0 fully saturated rings. The molecule has 1 unspecified atom stereocenters. The van der Waals surface area contributed by atoms with Crippen molar-refractivity contribution in [2.24, 2.45) is 0 Å². The van der Waals surface area contributed by atoms with E-state index < -0.39 is 0 Å². The molecule has 2 aromatic carbocycles. The second-order valence-corrected chi connectivity index (χ2v) is 5.57. The van der Waals surface area contributed by atoms with Crippen LogP contribution in [-0.4, -0.2) is 5.34 Å². The third-order valence-corrected chi connectivity index (χ3v) is 2.24. The van der Waals surface area contributed by atoms with Crippen LogP contribution in [0.25, 0.3) is 10.8 Å². The Morgan fingerprint density at radius 3 is 2.40 bits per heavy atom. The first kappa shape index (κ1) is 10.4. The minimum absolute atomic E-state index is 0.232. The minimum atomic E-state index is -0.232. The molecule has 0 spiro atoms. The molecule has 2 heteroatoms. The third kappa shape index (κ3) is 2.49. The van der Waals surface area contributed by atoms with Gasteiger partial charge in [0.05, 0.1) is 0 Å². The van der Waals surface area contributed by atoms with E-state index in [0.29, 0.717) is 0 Å². The number of rotatable bonds is 2. The summed E-state index contributed by atoms with van der Waals surface area (Å²) in [7, 11) is 2.69. The number of hydrogen-bond acceptors (Lipinski definition) is 1. The summed E-state index contributed by atoms with van der Waals surface area (Å²) >= 11 is 0. The lowest BCUT2D eigenvalue weighted by molar-refractivity contribution is 0.209. The maximum atomic E-state index is 5.88. The molecular weight excluding hydrogens is 203 g/mol. The molecule has 0 aliphatic carbocycles. The van der Waals surface area contributed by atoms with E-state index in [-0.39, 0.29) is 5.34 Å². The average Bonchev–Trinajstić information content (AvgIpc) is 2.16. The lowest BCUT2D eigenvalue weighted by Gasteiger charge is -2.22. The van der Waals surface area contributed by atoms with Crippen molar-refractivity contribution in [2.75, 3.05) is 0 Å². The Morgan fingerprint density at radius 1 is 1.00 bits per heavy atom. The van der Waals surface area contributed by atoms with E-state index in [2.05, 4.69) is 27.4 Å². The van der Waals surface area contributed by atoms with Gasteiger partial charge in [0.2, 0.25) is 0 Å². The van der Waals surface area contributed by atoms with Crippen LogP contribution in [-0.2, 0) is 0 Å². The van der Waals surface area contributed by atoms with Gasteiger partial charge in [0.25, 0.3) is 0 Å². The van der Waals surface area contributed by atoms with Crippen molar-refractivity contribution < 1.29 is 4.74 Å². The van der Waals surface area contributed by atoms with Crippen molar-refractivity contribution in [3.63, 3.8) is 0 Å². The number of benzene rings is 2. The molecule has 0 amide bonds. The highest BCUT2D eigenvalue weighted by Gasteiger charge is 2.13. The van der Waals surface area contributed by atoms with Crippen LogP contribution in [0.15, 0.2) is 42.5 Å². The Kier molecular flexibility index (Phi) is 2.67. The molecule has 0 saturated carbocycles. The maximum Gasteiger partial charge on any atom is 0.128 e. The van der Waals surface area contributed by atoms with Gasteiger partial charge in [-0.15, -0.1) is 0 Å². The van der Waals surface area contributed by atoms with Crippen LogP contribution in [0.3, 0.4) is 0 Å². The Labute approximate surface area is 92.7 Å². The van der Waals surface area contributed by atoms with E-state index in [1.807, 2.05) is 38.1 Å². The molecule has 2 rings (SSSR count). The monoisotopic (exact) mass is 218 g/mol. The fourth-order valence-corrected chi connectivity index (χ4v) is 1.70. The molecule has 78 valence electrons. The summed E-state index contributed by atoms with van der Waals surface area (Å²) in [5, 5.41) is 2.14. The van der Waals surface area contributed by atoms with E-state index in [9.17, 15) is 0 Å². The van der Waals surface area contributed by atoms with Crippen molar-refractivity contribution >= 4 is 20.0 Å². The van der Waals surface area contributed by atoms with Gasteiger partial charge in [-0.05, 0) is 25.3 Å². The zero-order valence-electron chi connectivity index (χ0n) is 9.03. The highest BCUT2D eigenvalue weighted by molar-refractivity contribution is 7.18. The zero-order valence-corrected chi connectivity index (χ0v) is 10.2. The summed E-state index contributed by atoms with van der Waals surface area (Å²) in [5.74, 6) is 0.938. The molecule has 0 heterocycles. The van der Waals surface area contributed by atoms with E-state index in [1.165, 1.54) is 5.39 Å². The Balaban J connectivity index is 2.52. The summed E-state index contributed by atoms with van der Waals surface area (Å²) in [4.78, 5) is 0. The van der Waals surface area contributed by atoms with Crippen LogP contribution in [0.2, 0.25) is 0 Å². The highest BCUT2D eigenvalue weighted by atomic mass is 31.0. The second kappa shape index (κ2) is 3.83. The van der Waals surface area contributed by atoms with Gasteiger partial charge in [-0.1, -0.05) is 45.6 Å². The largest absolute Gasteiger partial charge is 0.483 e. The average molecular weight is 218 g/mol. The molecule has 1 nitrogen and oxygen atoms in total. The quantitative estimate of drug-likeness (QED) is 0.696. The van der Waals surface area contributed by atoms with Gasteiger partial charge >= 0.3 is 0 Å². The van der Waals surface area contributed by atoms with Gasteiger partial charge in [-0.2, -0.15) is 0 Å². The van der Waals surface area contributed by atoms with Crippen molar-refractivity contribution in [3.05, 3.63) is 42.5 Å². The first-order chi connectivity index (χ1) is 7.06. The molecule has 0 aliphatic heterocycles. The minimum Gasteiger partial charge on any atom is -0.483 e. The molecular formula is C13H15OP. The first-order valence-electron chi connectivity index (χ1n) is 5.02. The first-order valence-corrected chi connectivity index (χ1v) is 5.60. The molecule has 15 heavy (non-hydrogen) atoms. The van der Waals surface area contributed by atoms with Crippen LogP contribution >= 0.6 is 9.24 Å². The van der Waals surface area contributed by atoms with Gasteiger partial charge in [0.15, 0.2) is 0 Å². The van der Waals surface area contributed by atoms with Gasteiger partial charge in [-0.3, -0.25) is 0 Å². The predicted molar refractivity (Wildman–Crippen MR) is 68.4 cm³/mol. The van der Waals surface area contributed by atoms with Gasteiger partial charge in [0, 0.05) is 5.39 Å². The zero-order chi connectivity index (χ0) is 10.9. The Bertz CT molecular complexity index is 466. The lowest BCUT2D eigenvalue weighted by atomic mass is 10.1. The van der Waals surface area contributed by atoms with E-state index in [1.54, 1.807) is 0 Å². The summed E-state index contributed by atoms with van der Waals surface area (Å²) in [6, 6.07) is 14.4. The fourth-order valence-electron chi connectivity index (χ4n) is 1.57. The molecule has 0 aromatic heterocycles. The summed E-state index contributed by atoms with van der Waals surface area (Å²) in [5.41, 5.74) is 0.